The summed E-state index contributed by atoms with van der Waals surface area (Å²) in [5.74, 6) is 0. The van der Waals surface area contributed by atoms with Gasteiger partial charge in [0.15, 0.2) is 0 Å². The van der Waals surface area contributed by atoms with Gasteiger partial charge in [0.25, 0.3) is 5.56 Å². The van der Waals surface area contributed by atoms with E-state index < -0.39 is 0 Å². The second kappa shape index (κ2) is 9.25. The third-order valence-electron chi connectivity index (χ3n) is 5.33. The van der Waals surface area contributed by atoms with Gasteiger partial charge in [0.1, 0.15) is 0 Å². The lowest BCUT2D eigenvalue weighted by Gasteiger charge is -2.36. The molecule has 2 heterocycles. The molecule has 2 aromatic carbocycles. The molecule has 6 heteroatoms. The summed E-state index contributed by atoms with van der Waals surface area (Å²) in [6.45, 7) is 5.60. The van der Waals surface area contributed by atoms with Crippen molar-refractivity contribution < 1.29 is 0 Å². The molecule has 3 aromatic rings. The maximum atomic E-state index is 12.2. The van der Waals surface area contributed by atoms with Crippen molar-refractivity contribution in [2.45, 2.75) is 13.0 Å². The molecule has 0 atom stereocenters. The van der Waals surface area contributed by atoms with Crippen molar-refractivity contribution in [1.82, 2.24) is 14.7 Å². The molecule has 1 aliphatic rings. The lowest BCUT2D eigenvalue weighted by atomic mass is 10.1. The maximum Gasteiger partial charge on any atom is 0.266 e. The first-order valence-corrected chi connectivity index (χ1v) is 10.4. The van der Waals surface area contributed by atoms with Crippen LogP contribution < -0.4 is 10.5 Å². The highest BCUT2D eigenvalue weighted by Crippen LogP contribution is 2.21. The average Bonchev–Trinajstić information content (AvgIpc) is 2.76. The van der Waals surface area contributed by atoms with Crippen LogP contribution in [0.5, 0.6) is 0 Å². The Balaban J connectivity index is 1.29. The maximum absolute atomic E-state index is 12.2. The highest BCUT2D eigenvalue weighted by Gasteiger charge is 2.17. The second-order valence-corrected chi connectivity index (χ2v) is 7.74. The molecule has 1 aromatic heterocycles. The number of piperazine rings is 1. The zero-order valence-corrected chi connectivity index (χ0v) is 17.1. The van der Waals surface area contributed by atoms with Crippen molar-refractivity contribution in [2.24, 2.45) is 0 Å². The fourth-order valence-electron chi connectivity index (χ4n) is 3.72. The Labute approximate surface area is 176 Å². The van der Waals surface area contributed by atoms with Crippen molar-refractivity contribution in [3.8, 4) is 11.3 Å². The molecule has 0 saturated carbocycles. The van der Waals surface area contributed by atoms with Crippen LogP contribution in [-0.4, -0.2) is 47.4 Å². The third kappa shape index (κ3) is 5.05. The number of hydrogen-bond acceptors (Lipinski definition) is 4. The van der Waals surface area contributed by atoms with Gasteiger partial charge in [0, 0.05) is 61.6 Å². The van der Waals surface area contributed by atoms with Crippen LogP contribution >= 0.6 is 11.6 Å². The molecule has 150 valence electrons. The van der Waals surface area contributed by atoms with E-state index in [2.05, 4.69) is 21.0 Å². The van der Waals surface area contributed by atoms with Gasteiger partial charge in [-0.1, -0.05) is 48.0 Å². The van der Waals surface area contributed by atoms with Gasteiger partial charge < -0.3 is 4.90 Å². The summed E-state index contributed by atoms with van der Waals surface area (Å²) in [6, 6.07) is 21.4. The van der Waals surface area contributed by atoms with E-state index in [0.717, 1.165) is 55.4 Å². The van der Waals surface area contributed by atoms with E-state index in [1.54, 1.807) is 16.8 Å². The van der Waals surface area contributed by atoms with Crippen LogP contribution in [0.3, 0.4) is 0 Å². The molecule has 1 fully saturated rings. The van der Waals surface area contributed by atoms with Crippen molar-refractivity contribution in [2.75, 3.05) is 37.6 Å². The van der Waals surface area contributed by atoms with Crippen LogP contribution in [0.4, 0.5) is 5.69 Å². The summed E-state index contributed by atoms with van der Waals surface area (Å²) >= 11 is 6.11. The number of anilines is 1. The lowest BCUT2D eigenvalue weighted by Crippen LogP contribution is -2.46. The fourth-order valence-corrected chi connectivity index (χ4v) is 3.90. The van der Waals surface area contributed by atoms with E-state index in [4.69, 9.17) is 11.6 Å². The topological polar surface area (TPSA) is 41.4 Å². The Morgan fingerprint density at radius 1 is 0.862 bits per heavy atom. The van der Waals surface area contributed by atoms with Crippen LogP contribution in [0.25, 0.3) is 11.3 Å². The van der Waals surface area contributed by atoms with E-state index in [9.17, 15) is 4.79 Å². The van der Waals surface area contributed by atoms with E-state index in [1.165, 1.54) is 5.69 Å². The molecule has 1 aliphatic heterocycles. The van der Waals surface area contributed by atoms with Crippen LogP contribution in [0.1, 0.15) is 6.42 Å². The van der Waals surface area contributed by atoms with Gasteiger partial charge in [-0.2, -0.15) is 5.10 Å². The Hall–Kier alpha value is -2.63. The van der Waals surface area contributed by atoms with Gasteiger partial charge in [-0.25, -0.2) is 4.68 Å². The number of rotatable bonds is 6. The van der Waals surface area contributed by atoms with Gasteiger partial charge in [-0.05, 0) is 30.7 Å². The molecule has 0 N–H and O–H groups in total. The molecule has 4 rings (SSSR count). The molecule has 29 heavy (non-hydrogen) atoms. The molecule has 1 saturated heterocycles. The summed E-state index contributed by atoms with van der Waals surface area (Å²) < 4.78 is 1.59. The number of aryl methyl sites for hydroxylation is 1. The molecule has 0 spiro atoms. The predicted octanol–water partition coefficient (Wildman–Crippen LogP) is 3.78. The van der Waals surface area contributed by atoms with E-state index in [0.29, 0.717) is 6.54 Å². The molecule has 5 nitrogen and oxygen atoms in total. The Kier molecular flexibility index (Phi) is 6.27. The van der Waals surface area contributed by atoms with E-state index >= 15 is 0 Å². The average molecular weight is 409 g/mol. The molecule has 0 unspecified atom stereocenters. The molecular formula is C23H25ClN4O. The highest BCUT2D eigenvalue weighted by atomic mass is 35.5. The molecule has 0 bridgehead atoms. The largest absolute Gasteiger partial charge is 0.369 e. The predicted molar refractivity (Wildman–Crippen MR) is 119 cm³/mol. The van der Waals surface area contributed by atoms with Crippen LogP contribution in [0, 0.1) is 0 Å². The van der Waals surface area contributed by atoms with Crippen molar-refractivity contribution in [3.05, 3.63) is 82.1 Å². The number of aromatic nitrogens is 2. The van der Waals surface area contributed by atoms with Crippen LogP contribution in [-0.2, 0) is 6.54 Å². The third-order valence-corrected chi connectivity index (χ3v) is 5.56. The Morgan fingerprint density at radius 2 is 1.66 bits per heavy atom. The number of nitrogens with zero attached hydrogens (tertiary/aromatic N) is 4. The minimum Gasteiger partial charge on any atom is -0.369 e. The van der Waals surface area contributed by atoms with Crippen molar-refractivity contribution >= 4 is 17.3 Å². The smallest absolute Gasteiger partial charge is 0.266 e. The number of benzene rings is 2. The zero-order valence-electron chi connectivity index (χ0n) is 16.4. The summed E-state index contributed by atoms with van der Waals surface area (Å²) in [5, 5.41) is 5.33. The minimum atomic E-state index is -0.0459. The van der Waals surface area contributed by atoms with Gasteiger partial charge in [0.05, 0.1) is 5.69 Å². The quantitative estimate of drug-likeness (QED) is 0.622. The zero-order chi connectivity index (χ0) is 20.1. The summed E-state index contributed by atoms with van der Waals surface area (Å²) in [7, 11) is 0. The van der Waals surface area contributed by atoms with Crippen LogP contribution in [0.15, 0.2) is 71.5 Å². The van der Waals surface area contributed by atoms with Gasteiger partial charge in [-0.15, -0.1) is 0 Å². The first-order chi connectivity index (χ1) is 14.2. The summed E-state index contributed by atoms with van der Waals surface area (Å²) in [5.41, 5.74) is 3.00. The standard InChI is InChI=1S/C23H25ClN4O/c24-20-8-4-9-21(18-20)27-16-14-26(15-17-27)12-5-13-28-23(29)11-10-22(25-28)19-6-2-1-3-7-19/h1-4,6-11,18H,5,12-17H2. The Morgan fingerprint density at radius 3 is 2.41 bits per heavy atom. The Bertz CT molecular complexity index is 997. The SMILES string of the molecule is O=c1ccc(-c2ccccc2)nn1CCCN1CCN(c2cccc(Cl)c2)CC1. The van der Waals surface area contributed by atoms with E-state index in [-0.39, 0.29) is 5.56 Å². The number of hydrogen-bond donors (Lipinski definition) is 0. The summed E-state index contributed by atoms with van der Waals surface area (Å²) in [4.78, 5) is 17.0. The minimum absolute atomic E-state index is 0.0459. The van der Waals surface area contributed by atoms with Crippen molar-refractivity contribution in [1.29, 1.82) is 0 Å². The molecular weight excluding hydrogens is 384 g/mol. The van der Waals surface area contributed by atoms with Gasteiger partial charge in [-0.3, -0.25) is 9.69 Å². The number of halogens is 1. The first-order valence-electron chi connectivity index (χ1n) is 10.1. The lowest BCUT2D eigenvalue weighted by molar-refractivity contribution is 0.248. The molecule has 0 radical (unpaired) electrons. The normalized spacial score (nSPS) is 14.9. The van der Waals surface area contributed by atoms with Crippen molar-refractivity contribution in [3.63, 3.8) is 0 Å². The van der Waals surface area contributed by atoms with Crippen LogP contribution in [0.2, 0.25) is 5.02 Å². The van der Waals surface area contributed by atoms with Gasteiger partial charge >= 0.3 is 0 Å². The summed E-state index contributed by atoms with van der Waals surface area (Å²) in [6.07, 6.45) is 0.905. The highest BCUT2D eigenvalue weighted by molar-refractivity contribution is 6.30. The molecule has 0 amide bonds. The fraction of sp³-hybridized carbons (Fsp3) is 0.304. The second-order valence-electron chi connectivity index (χ2n) is 7.31. The molecule has 0 aliphatic carbocycles. The van der Waals surface area contributed by atoms with Gasteiger partial charge in [0.2, 0.25) is 0 Å². The first kappa shape index (κ1) is 19.7. The monoisotopic (exact) mass is 408 g/mol. The van der Waals surface area contributed by atoms with E-state index in [1.807, 2.05) is 48.5 Å².